The summed E-state index contributed by atoms with van der Waals surface area (Å²) in [5.74, 6) is 1.38. The van der Waals surface area contributed by atoms with Crippen LogP contribution in [0.1, 0.15) is 39.7 Å². The van der Waals surface area contributed by atoms with E-state index in [1.165, 1.54) is 17.5 Å². The van der Waals surface area contributed by atoms with Gasteiger partial charge in [-0.3, -0.25) is 9.78 Å². The number of amides is 1. The highest BCUT2D eigenvalue weighted by atomic mass is 32.1. The first-order valence-electron chi connectivity index (χ1n) is 9.55. The first kappa shape index (κ1) is 18.1. The van der Waals surface area contributed by atoms with Crippen molar-refractivity contribution < 1.29 is 14.3 Å². The summed E-state index contributed by atoms with van der Waals surface area (Å²) in [4.78, 5) is 21.1. The fourth-order valence-electron chi connectivity index (χ4n) is 3.36. The molecule has 3 N–H and O–H groups in total. The average Bonchev–Trinajstić information content (AvgIpc) is 3.24. The van der Waals surface area contributed by atoms with E-state index < -0.39 is 0 Å². The zero-order valence-electron chi connectivity index (χ0n) is 15.6. The van der Waals surface area contributed by atoms with E-state index in [1.54, 1.807) is 6.20 Å². The molecule has 2 aromatic heterocycles. The standard InChI is InChI=1S/C21H20N4O3S/c22-15-9-16(15)25-20(26)19-11-24-21(29-19)27-14-4-6-17-12(8-14)3-5-18(28-17)13-2-1-7-23-10-13/h1-2,4,6-8,10-11,15-16,18H,3,5,9,22H2,(H,25,26)/t15-,16-,18?/m0/s1. The van der Waals surface area contributed by atoms with Gasteiger partial charge in [0, 0.05) is 30.0 Å². The molecule has 148 valence electrons. The molecule has 1 aromatic carbocycles. The van der Waals surface area contributed by atoms with Crippen LogP contribution in [0.4, 0.5) is 0 Å². The summed E-state index contributed by atoms with van der Waals surface area (Å²) in [5, 5.41) is 3.32. The van der Waals surface area contributed by atoms with Crippen molar-refractivity contribution in [2.75, 3.05) is 0 Å². The third-order valence-corrected chi connectivity index (χ3v) is 5.98. The Kier molecular flexibility index (Phi) is 4.65. The number of benzene rings is 1. The van der Waals surface area contributed by atoms with E-state index in [9.17, 15) is 4.79 Å². The van der Waals surface area contributed by atoms with Crippen molar-refractivity contribution in [3.63, 3.8) is 0 Å². The fraction of sp³-hybridized carbons (Fsp3) is 0.286. The van der Waals surface area contributed by atoms with Crippen LogP contribution in [0, 0.1) is 0 Å². The maximum Gasteiger partial charge on any atom is 0.279 e. The van der Waals surface area contributed by atoms with Crippen molar-refractivity contribution in [1.29, 1.82) is 0 Å². The Morgan fingerprint density at radius 2 is 2.21 bits per heavy atom. The van der Waals surface area contributed by atoms with Gasteiger partial charge in [0.2, 0.25) is 0 Å². The van der Waals surface area contributed by atoms with Crippen molar-refractivity contribution >= 4 is 17.2 Å². The van der Waals surface area contributed by atoms with Gasteiger partial charge in [-0.2, -0.15) is 0 Å². The Balaban J connectivity index is 1.25. The first-order valence-corrected chi connectivity index (χ1v) is 10.4. The van der Waals surface area contributed by atoms with Gasteiger partial charge in [0.25, 0.3) is 11.1 Å². The van der Waals surface area contributed by atoms with Gasteiger partial charge in [-0.25, -0.2) is 4.98 Å². The summed E-state index contributed by atoms with van der Waals surface area (Å²) >= 11 is 1.22. The summed E-state index contributed by atoms with van der Waals surface area (Å²) in [6, 6.07) is 9.85. The lowest BCUT2D eigenvalue weighted by molar-refractivity contribution is 0.0954. The zero-order chi connectivity index (χ0) is 19.8. The number of carbonyl (C=O) groups is 1. The second kappa shape index (κ2) is 7.46. The predicted octanol–water partition coefficient (Wildman–Crippen LogP) is 3.23. The van der Waals surface area contributed by atoms with Crippen LogP contribution in [0.5, 0.6) is 16.7 Å². The number of hydrogen-bond donors (Lipinski definition) is 2. The number of nitrogens with one attached hydrogen (secondary N) is 1. The maximum absolute atomic E-state index is 12.2. The SMILES string of the molecule is N[C@H]1C[C@@H]1NC(=O)c1cnc(Oc2ccc3c(c2)CCC(c2cccnc2)O3)s1. The molecule has 0 bridgehead atoms. The van der Waals surface area contributed by atoms with Crippen LogP contribution in [0.15, 0.2) is 48.9 Å². The number of pyridine rings is 1. The van der Waals surface area contributed by atoms with Gasteiger partial charge in [0.1, 0.15) is 22.5 Å². The number of rotatable bonds is 5. The molecule has 0 saturated heterocycles. The Labute approximate surface area is 171 Å². The first-order chi connectivity index (χ1) is 14.2. The molecule has 3 atom stereocenters. The van der Waals surface area contributed by atoms with Crippen molar-refractivity contribution in [2.45, 2.75) is 37.5 Å². The highest BCUT2D eigenvalue weighted by molar-refractivity contribution is 7.15. The Morgan fingerprint density at radius 1 is 1.31 bits per heavy atom. The lowest BCUT2D eigenvalue weighted by Gasteiger charge is -2.26. The van der Waals surface area contributed by atoms with E-state index in [-0.39, 0.29) is 24.1 Å². The minimum Gasteiger partial charge on any atom is -0.485 e. The van der Waals surface area contributed by atoms with Gasteiger partial charge in [0.05, 0.1) is 6.20 Å². The topological polar surface area (TPSA) is 99.4 Å². The Hall–Kier alpha value is -2.97. The summed E-state index contributed by atoms with van der Waals surface area (Å²) in [6.45, 7) is 0. The molecule has 8 heteroatoms. The molecule has 1 aliphatic heterocycles. The third-order valence-electron chi connectivity index (χ3n) is 5.10. The molecule has 1 aliphatic carbocycles. The predicted molar refractivity (Wildman–Crippen MR) is 108 cm³/mol. The molecule has 29 heavy (non-hydrogen) atoms. The van der Waals surface area contributed by atoms with Gasteiger partial charge < -0.3 is 20.5 Å². The van der Waals surface area contributed by atoms with E-state index >= 15 is 0 Å². The zero-order valence-corrected chi connectivity index (χ0v) is 16.4. The van der Waals surface area contributed by atoms with Gasteiger partial charge in [-0.05, 0) is 49.1 Å². The molecule has 0 spiro atoms. The van der Waals surface area contributed by atoms with Crippen LogP contribution in [0.3, 0.4) is 0 Å². The number of ether oxygens (including phenoxy) is 2. The molecule has 5 rings (SSSR count). The summed E-state index contributed by atoms with van der Waals surface area (Å²) in [5.41, 5.74) is 7.91. The fourth-order valence-corrected chi connectivity index (χ4v) is 4.05. The van der Waals surface area contributed by atoms with Crippen LogP contribution >= 0.6 is 11.3 Å². The average molecular weight is 408 g/mol. The summed E-state index contributed by atoms with van der Waals surface area (Å²) in [6.07, 6.45) is 7.75. The van der Waals surface area contributed by atoms with Gasteiger partial charge in [-0.1, -0.05) is 17.4 Å². The molecule has 7 nitrogen and oxygen atoms in total. The van der Waals surface area contributed by atoms with Crippen LogP contribution < -0.4 is 20.5 Å². The lowest BCUT2D eigenvalue weighted by Crippen LogP contribution is -2.28. The normalized spacial score (nSPS) is 22.3. The quantitative estimate of drug-likeness (QED) is 0.672. The van der Waals surface area contributed by atoms with E-state index in [2.05, 4.69) is 15.3 Å². The van der Waals surface area contributed by atoms with Crippen molar-refractivity contribution in [3.8, 4) is 16.7 Å². The minimum absolute atomic E-state index is 0.0163. The molecule has 1 amide bonds. The largest absolute Gasteiger partial charge is 0.485 e. The van der Waals surface area contributed by atoms with Gasteiger partial charge >= 0.3 is 0 Å². The highest BCUT2D eigenvalue weighted by Crippen LogP contribution is 2.37. The smallest absolute Gasteiger partial charge is 0.279 e. The maximum atomic E-state index is 12.2. The van der Waals surface area contributed by atoms with Gasteiger partial charge in [0.15, 0.2) is 0 Å². The van der Waals surface area contributed by atoms with Crippen molar-refractivity contribution in [1.82, 2.24) is 15.3 Å². The van der Waals surface area contributed by atoms with E-state index in [1.807, 2.05) is 36.5 Å². The number of fused-ring (bicyclic) bond motifs is 1. The third kappa shape index (κ3) is 3.94. The Bertz CT molecular complexity index is 1040. The summed E-state index contributed by atoms with van der Waals surface area (Å²) < 4.78 is 12.0. The molecule has 1 saturated carbocycles. The van der Waals surface area contributed by atoms with Crippen LogP contribution in [-0.4, -0.2) is 28.0 Å². The second-order valence-corrected chi connectivity index (χ2v) is 8.27. The lowest BCUT2D eigenvalue weighted by atomic mass is 9.98. The minimum atomic E-state index is -0.157. The molecule has 3 heterocycles. The monoisotopic (exact) mass is 408 g/mol. The van der Waals surface area contributed by atoms with E-state index in [0.29, 0.717) is 15.8 Å². The molecule has 2 aliphatic rings. The van der Waals surface area contributed by atoms with E-state index in [4.69, 9.17) is 15.2 Å². The van der Waals surface area contributed by atoms with Crippen molar-refractivity contribution in [3.05, 3.63) is 64.9 Å². The van der Waals surface area contributed by atoms with Crippen LogP contribution in [0.2, 0.25) is 0 Å². The molecular formula is C21H20N4O3S. The van der Waals surface area contributed by atoms with Crippen molar-refractivity contribution in [2.24, 2.45) is 5.73 Å². The molecule has 3 aromatic rings. The highest BCUT2D eigenvalue weighted by Gasteiger charge is 2.35. The second-order valence-electron chi connectivity index (χ2n) is 7.27. The van der Waals surface area contributed by atoms with Crippen LogP contribution in [0.25, 0.3) is 0 Å². The Morgan fingerprint density at radius 3 is 3.00 bits per heavy atom. The van der Waals surface area contributed by atoms with E-state index in [0.717, 1.165) is 36.1 Å². The number of carbonyl (C=O) groups excluding carboxylic acids is 1. The molecular weight excluding hydrogens is 388 g/mol. The number of hydrogen-bond acceptors (Lipinski definition) is 7. The number of aryl methyl sites for hydroxylation is 1. The number of nitrogens with zero attached hydrogens (tertiary/aromatic N) is 2. The molecule has 1 unspecified atom stereocenters. The molecule has 1 fully saturated rings. The number of aromatic nitrogens is 2. The van der Waals surface area contributed by atoms with Crippen LogP contribution in [-0.2, 0) is 6.42 Å². The number of thiazole rings is 1. The van der Waals surface area contributed by atoms with Gasteiger partial charge in [-0.15, -0.1) is 0 Å². The number of nitrogens with two attached hydrogens (primary N) is 1. The molecule has 0 radical (unpaired) electrons. The summed E-state index contributed by atoms with van der Waals surface area (Å²) in [7, 11) is 0.